The summed E-state index contributed by atoms with van der Waals surface area (Å²) in [5.41, 5.74) is 6.09. The Hall–Kier alpha value is -0.740. The molecule has 0 bridgehead atoms. The van der Waals surface area contributed by atoms with E-state index in [1.165, 1.54) is 12.1 Å². The Balaban J connectivity index is 2.39. The van der Waals surface area contributed by atoms with E-state index in [1.54, 1.807) is 6.07 Å². The molecule has 4 heteroatoms. The van der Waals surface area contributed by atoms with Crippen molar-refractivity contribution in [3.63, 3.8) is 0 Å². The fourth-order valence-corrected chi connectivity index (χ4v) is 2.19. The number of ketones is 1. The van der Waals surface area contributed by atoms with Crippen molar-refractivity contribution in [2.45, 2.75) is 32.1 Å². The molecule has 1 aromatic rings. The Morgan fingerprint density at radius 2 is 2.00 bits per heavy atom. The van der Waals surface area contributed by atoms with Gasteiger partial charge in [0.1, 0.15) is 11.6 Å². The largest absolute Gasteiger partial charge is 0.330 e. The third-order valence-electron chi connectivity index (χ3n) is 2.48. The first-order chi connectivity index (χ1) is 8.11. The van der Waals surface area contributed by atoms with Gasteiger partial charge in [0.25, 0.3) is 0 Å². The third kappa shape index (κ3) is 5.94. The number of rotatable bonds is 7. The van der Waals surface area contributed by atoms with Gasteiger partial charge in [-0.2, -0.15) is 0 Å². The third-order valence-corrected chi connectivity index (χ3v) is 2.94. The Morgan fingerprint density at radius 3 is 2.65 bits per heavy atom. The average Bonchev–Trinajstić information content (AvgIpc) is 2.23. The molecule has 0 aliphatic heterocycles. The minimum atomic E-state index is -0.315. The van der Waals surface area contributed by atoms with Crippen molar-refractivity contribution in [1.82, 2.24) is 0 Å². The summed E-state index contributed by atoms with van der Waals surface area (Å²) in [4.78, 5) is 11.6. The predicted octanol–water partition coefficient (Wildman–Crippen LogP) is 3.22. The van der Waals surface area contributed by atoms with Gasteiger partial charge in [0.05, 0.1) is 0 Å². The SMILES string of the molecule is NCCCCCC(=O)Cc1cc(F)cc(Br)c1. The normalized spacial score (nSPS) is 10.5. The van der Waals surface area contributed by atoms with Gasteiger partial charge < -0.3 is 5.73 Å². The summed E-state index contributed by atoms with van der Waals surface area (Å²) in [5, 5.41) is 0. The molecular formula is C13H17BrFNO. The lowest BCUT2D eigenvalue weighted by atomic mass is 10.0. The van der Waals surface area contributed by atoms with Gasteiger partial charge in [0.15, 0.2) is 0 Å². The van der Waals surface area contributed by atoms with Gasteiger partial charge in [-0.3, -0.25) is 4.79 Å². The highest BCUT2D eigenvalue weighted by atomic mass is 79.9. The van der Waals surface area contributed by atoms with E-state index in [4.69, 9.17) is 5.73 Å². The molecular weight excluding hydrogens is 285 g/mol. The number of carbonyl (C=O) groups excluding carboxylic acids is 1. The summed E-state index contributed by atoms with van der Waals surface area (Å²) in [6, 6.07) is 4.57. The predicted molar refractivity (Wildman–Crippen MR) is 70.3 cm³/mol. The second-order valence-corrected chi connectivity index (χ2v) is 5.01. The number of halogens is 2. The Kier molecular flexibility index (Phi) is 6.37. The molecule has 17 heavy (non-hydrogen) atoms. The summed E-state index contributed by atoms with van der Waals surface area (Å²) < 4.78 is 13.7. The maximum atomic E-state index is 13.1. The quantitative estimate of drug-likeness (QED) is 0.786. The smallest absolute Gasteiger partial charge is 0.137 e. The van der Waals surface area contributed by atoms with Crippen LogP contribution in [0.3, 0.4) is 0 Å². The molecule has 2 nitrogen and oxygen atoms in total. The number of hydrogen-bond acceptors (Lipinski definition) is 2. The molecule has 0 aliphatic carbocycles. The highest BCUT2D eigenvalue weighted by molar-refractivity contribution is 9.10. The molecule has 0 aromatic heterocycles. The topological polar surface area (TPSA) is 43.1 Å². The summed E-state index contributed by atoms with van der Waals surface area (Å²) in [7, 11) is 0. The van der Waals surface area contributed by atoms with E-state index in [9.17, 15) is 9.18 Å². The number of carbonyl (C=O) groups is 1. The van der Waals surface area contributed by atoms with Crippen LogP contribution in [0.25, 0.3) is 0 Å². The summed E-state index contributed by atoms with van der Waals surface area (Å²) >= 11 is 3.21. The second kappa shape index (κ2) is 7.56. The zero-order valence-corrected chi connectivity index (χ0v) is 11.3. The van der Waals surface area contributed by atoms with Crippen LogP contribution in [0.2, 0.25) is 0 Å². The minimum Gasteiger partial charge on any atom is -0.330 e. The Labute approximate surface area is 110 Å². The van der Waals surface area contributed by atoms with Crippen LogP contribution in [0, 0.1) is 5.82 Å². The van der Waals surface area contributed by atoms with Crippen LogP contribution in [0.1, 0.15) is 31.2 Å². The fourth-order valence-electron chi connectivity index (χ4n) is 1.67. The molecule has 0 spiro atoms. The molecule has 2 N–H and O–H groups in total. The van der Waals surface area contributed by atoms with Crippen LogP contribution in [0.5, 0.6) is 0 Å². The van der Waals surface area contributed by atoms with Gasteiger partial charge in [0, 0.05) is 17.3 Å². The zero-order chi connectivity index (χ0) is 12.7. The maximum Gasteiger partial charge on any atom is 0.137 e. The molecule has 0 amide bonds. The highest BCUT2D eigenvalue weighted by Gasteiger charge is 2.05. The van der Waals surface area contributed by atoms with Gasteiger partial charge in [-0.1, -0.05) is 22.4 Å². The van der Waals surface area contributed by atoms with Crippen LogP contribution >= 0.6 is 15.9 Å². The molecule has 0 radical (unpaired) electrons. The van der Waals surface area contributed by atoms with Crippen molar-refractivity contribution in [1.29, 1.82) is 0 Å². The molecule has 0 unspecified atom stereocenters. The van der Waals surface area contributed by atoms with E-state index >= 15 is 0 Å². The van der Waals surface area contributed by atoms with Gasteiger partial charge >= 0.3 is 0 Å². The van der Waals surface area contributed by atoms with Crippen LogP contribution in [-0.2, 0) is 11.2 Å². The number of unbranched alkanes of at least 4 members (excludes halogenated alkanes) is 2. The van der Waals surface area contributed by atoms with Gasteiger partial charge in [-0.05, 0) is 43.1 Å². The van der Waals surface area contributed by atoms with E-state index in [2.05, 4.69) is 15.9 Å². The Morgan fingerprint density at radius 1 is 1.24 bits per heavy atom. The van der Waals surface area contributed by atoms with Crippen LogP contribution < -0.4 is 5.73 Å². The standard InChI is InChI=1S/C13H17BrFNO/c14-11-6-10(7-12(15)9-11)8-13(17)4-2-1-3-5-16/h6-7,9H,1-5,8,16H2. The average molecular weight is 302 g/mol. The lowest BCUT2D eigenvalue weighted by molar-refractivity contribution is -0.118. The summed E-state index contributed by atoms with van der Waals surface area (Å²) in [6.45, 7) is 0.672. The van der Waals surface area contributed by atoms with E-state index in [0.717, 1.165) is 24.8 Å². The first-order valence-electron chi connectivity index (χ1n) is 5.78. The van der Waals surface area contributed by atoms with E-state index in [-0.39, 0.29) is 11.6 Å². The fraction of sp³-hybridized carbons (Fsp3) is 0.462. The van der Waals surface area contributed by atoms with E-state index in [1.807, 2.05) is 0 Å². The number of hydrogen-bond donors (Lipinski definition) is 1. The van der Waals surface area contributed by atoms with Crippen molar-refractivity contribution in [2.24, 2.45) is 5.73 Å². The molecule has 0 atom stereocenters. The van der Waals surface area contributed by atoms with Crippen molar-refractivity contribution >= 4 is 21.7 Å². The van der Waals surface area contributed by atoms with Crippen molar-refractivity contribution in [2.75, 3.05) is 6.54 Å². The highest BCUT2D eigenvalue weighted by Crippen LogP contribution is 2.16. The summed E-state index contributed by atoms with van der Waals surface area (Å²) in [6.07, 6.45) is 3.66. The molecule has 0 saturated carbocycles. The number of nitrogens with two attached hydrogens (primary N) is 1. The molecule has 1 rings (SSSR count). The van der Waals surface area contributed by atoms with Crippen molar-refractivity contribution in [3.8, 4) is 0 Å². The minimum absolute atomic E-state index is 0.152. The first-order valence-corrected chi connectivity index (χ1v) is 6.58. The summed E-state index contributed by atoms with van der Waals surface area (Å²) in [5.74, 6) is -0.162. The first kappa shape index (κ1) is 14.3. The molecule has 0 heterocycles. The van der Waals surface area contributed by atoms with Gasteiger partial charge in [0.2, 0.25) is 0 Å². The molecule has 1 aromatic carbocycles. The molecule has 94 valence electrons. The monoisotopic (exact) mass is 301 g/mol. The molecule has 0 fully saturated rings. The van der Waals surface area contributed by atoms with Gasteiger partial charge in [-0.25, -0.2) is 4.39 Å². The van der Waals surface area contributed by atoms with Gasteiger partial charge in [-0.15, -0.1) is 0 Å². The molecule has 0 saturated heterocycles. The van der Waals surface area contributed by atoms with E-state index in [0.29, 0.717) is 23.9 Å². The van der Waals surface area contributed by atoms with Crippen LogP contribution in [0.4, 0.5) is 4.39 Å². The van der Waals surface area contributed by atoms with Crippen LogP contribution in [-0.4, -0.2) is 12.3 Å². The van der Waals surface area contributed by atoms with Crippen molar-refractivity contribution < 1.29 is 9.18 Å². The zero-order valence-electron chi connectivity index (χ0n) is 9.72. The lowest BCUT2D eigenvalue weighted by Crippen LogP contribution is -2.04. The Bertz CT molecular complexity index is 361. The lowest BCUT2D eigenvalue weighted by Gasteiger charge is -2.03. The van der Waals surface area contributed by atoms with Crippen LogP contribution in [0.15, 0.2) is 22.7 Å². The van der Waals surface area contributed by atoms with Crippen molar-refractivity contribution in [3.05, 3.63) is 34.1 Å². The second-order valence-electron chi connectivity index (χ2n) is 4.09. The van der Waals surface area contributed by atoms with E-state index < -0.39 is 0 Å². The maximum absolute atomic E-state index is 13.1. The molecule has 0 aliphatic rings. The number of benzene rings is 1. The number of Topliss-reactive ketones (excluding diaryl/α,β-unsaturated/α-hetero) is 1.